The van der Waals surface area contributed by atoms with Crippen molar-refractivity contribution in [1.82, 2.24) is 10.2 Å². The molecule has 3 rings (SSSR count). The molecule has 2 amide bonds. The van der Waals surface area contributed by atoms with Crippen LogP contribution < -0.4 is 5.32 Å². The van der Waals surface area contributed by atoms with Gasteiger partial charge in [-0.1, -0.05) is 72.3 Å². The molecule has 0 aliphatic rings. The average Bonchev–Trinajstić information content (AvgIpc) is 2.82. The molecule has 166 valence electrons. The molecule has 4 nitrogen and oxygen atoms in total. The van der Waals surface area contributed by atoms with E-state index in [-0.39, 0.29) is 24.2 Å². The quantitative estimate of drug-likeness (QED) is 0.528. The van der Waals surface area contributed by atoms with Crippen LogP contribution in [0, 0.1) is 12.7 Å². The van der Waals surface area contributed by atoms with E-state index in [1.54, 1.807) is 24.0 Å². The molecule has 0 heterocycles. The van der Waals surface area contributed by atoms with Gasteiger partial charge in [0.15, 0.2) is 0 Å². The van der Waals surface area contributed by atoms with Gasteiger partial charge < -0.3 is 10.2 Å². The normalized spacial score (nSPS) is 11.6. The minimum absolute atomic E-state index is 0.115. The molecule has 0 aliphatic carbocycles. The highest BCUT2D eigenvalue weighted by Gasteiger charge is 2.25. The van der Waals surface area contributed by atoms with Crippen LogP contribution in [0.3, 0.4) is 0 Å². The smallest absolute Gasteiger partial charge is 0.242 e. The van der Waals surface area contributed by atoms with E-state index in [4.69, 9.17) is 0 Å². The molecular formula is C27H29FN2O2. The van der Waals surface area contributed by atoms with E-state index in [2.05, 4.69) is 5.32 Å². The van der Waals surface area contributed by atoms with E-state index >= 15 is 0 Å². The number of nitrogens with one attached hydrogen (secondary N) is 1. The zero-order valence-electron chi connectivity index (χ0n) is 18.6. The van der Waals surface area contributed by atoms with Crippen LogP contribution in [0.15, 0.2) is 78.9 Å². The van der Waals surface area contributed by atoms with Crippen molar-refractivity contribution in [3.8, 4) is 0 Å². The number of amides is 2. The van der Waals surface area contributed by atoms with E-state index in [0.29, 0.717) is 19.4 Å². The lowest BCUT2D eigenvalue weighted by Gasteiger charge is -2.29. The van der Waals surface area contributed by atoms with E-state index in [9.17, 15) is 14.0 Å². The summed E-state index contributed by atoms with van der Waals surface area (Å²) in [4.78, 5) is 27.6. The molecule has 3 aromatic carbocycles. The summed E-state index contributed by atoms with van der Waals surface area (Å²) in [7, 11) is 0. The van der Waals surface area contributed by atoms with E-state index < -0.39 is 6.04 Å². The summed E-state index contributed by atoms with van der Waals surface area (Å²) in [5.41, 5.74) is 4.00. The largest absolute Gasteiger partial charge is 0.350 e. The molecule has 0 saturated carbocycles. The second-order valence-electron chi connectivity index (χ2n) is 8.01. The van der Waals surface area contributed by atoms with Crippen LogP contribution in [0.4, 0.5) is 4.39 Å². The maximum Gasteiger partial charge on any atom is 0.242 e. The number of hydrogen-bond acceptors (Lipinski definition) is 2. The molecule has 0 fully saturated rings. The van der Waals surface area contributed by atoms with Gasteiger partial charge in [0.2, 0.25) is 11.8 Å². The van der Waals surface area contributed by atoms with Gasteiger partial charge in [-0.15, -0.1) is 0 Å². The average molecular weight is 433 g/mol. The molecule has 1 N–H and O–H groups in total. The van der Waals surface area contributed by atoms with Gasteiger partial charge in [0, 0.05) is 19.5 Å². The summed E-state index contributed by atoms with van der Waals surface area (Å²) >= 11 is 0. The molecule has 0 spiro atoms. The third-order valence-electron chi connectivity index (χ3n) is 5.49. The van der Waals surface area contributed by atoms with Crippen LogP contribution >= 0.6 is 0 Å². The Morgan fingerprint density at radius 1 is 0.875 bits per heavy atom. The van der Waals surface area contributed by atoms with Gasteiger partial charge in [0.25, 0.3) is 0 Å². The Bertz CT molecular complexity index is 1020. The van der Waals surface area contributed by atoms with Gasteiger partial charge in [-0.3, -0.25) is 9.59 Å². The Morgan fingerprint density at radius 3 is 2.16 bits per heavy atom. The van der Waals surface area contributed by atoms with Gasteiger partial charge >= 0.3 is 0 Å². The van der Waals surface area contributed by atoms with Crippen LogP contribution in [0.5, 0.6) is 0 Å². The lowest BCUT2D eigenvalue weighted by atomic mass is 10.1. The maximum absolute atomic E-state index is 13.3. The number of nitrogens with zero attached hydrogens (tertiary/aromatic N) is 1. The van der Waals surface area contributed by atoms with Gasteiger partial charge in [-0.2, -0.15) is 0 Å². The summed E-state index contributed by atoms with van der Waals surface area (Å²) in [5.74, 6) is -0.670. The maximum atomic E-state index is 13.3. The third-order valence-corrected chi connectivity index (χ3v) is 5.49. The van der Waals surface area contributed by atoms with Crippen molar-refractivity contribution in [2.75, 3.05) is 0 Å². The summed E-state index contributed by atoms with van der Waals surface area (Å²) in [6.45, 7) is 4.38. The van der Waals surface area contributed by atoms with E-state index in [1.807, 2.05) is 61.5 Å². The Balaban J connectivity index is 1.68. The number of carbonyl (C=O) groups excluding carboxylic acids is 2. The number of benzene rings is 3. The van der Waals surface area contributed by atoms with Crippen LogP contribution in [-0.2, 0) is 29.1 Å². The summed E-state index contributed by atoms with van der Waals surface area (Å²) in [6, 6.07) is 23.1. The molecule has 0 unspecified atom stereocenters. The predicted octanol–water partition coefficient (Wildman–Crippen LogP) is 4.80. The molecule has 32 heavy (non-hydrogen) atoms. The van der Waals surface area contributed by atoms with Crippen LogP contribution in [0.25, 0.3) is 0 Å². The Labute approximate surface area is 189 Å². The highest BCUT2D eigenvalue weighted by Crippen LogP contribution is 2.14. The zero-order chi connectivity index (χ0) is 22.9. The SMILES string of the molecule is Cc1ccc(CNC(=O)[C@H](C)N(Cc2ccc(F)cc2)C(=O)CCc2ccccc2)cc1. The topological polar surface area (TPSA) is 49.4 Å². The van der Waals surface area contributed by atoms with Crippen molar-refractivity contribution in [2.45, 2.75) is 45.8 Å². The molecule has 5 heteroatoms. The fraction of sp³-hybridized carbons (Fsp3) is 0.259. The first-order chi connectivity index (χ1) is 15.4. The van der Waals surface area contributed by atoms with Gasteiger partial charge in [0.1, 0.15) is 11.9 Å². The van der Waals surface area contributed by atoms with E-state index in [0.717, 1.165) is 22.3 Å². The summed E-state index contributed by atoms with van der Waals surface area (Å²) < 4.78 is 13.3. The number of halogens is 1. The molecular weight excluding hydrogens is 403 g/mol. The highest BCUT2D eigenvalue weighted by atomic mass is 19.1. The summed E-state index contributed by atoms with van der Waals surface area (Å²) in [6.07, 6.45) is 0.887. The van der Waals surface area contributed by atoms with Crippen LogP contribution in [-0.4, -0.2) is 22.8 Å². The van der Waals surface area contributed by atoms with Gasteiger partial charge in [-0.05, 0) is 49.1 Å². The first-order valence-electron chi connectivity index (χ1n) is 10.8. The van der Waals surface area contributed by atoms with Crippen LogP contribution in [0.1, 0.15) is 35.6 Å². The molecule has 0 aliphatic heterocycles. The van der Waals surface area contributed by atoms with Crippen molar-refractivity contribution in [1.29, 1.82) is 0 Å². The number of carbonyl (C=O) groups is 2. The Hall–Kier alpha value is -3.47. The van der Waals surface area contributed by atoms with Crippen molar-refractivity contribution in [2.24, 2.45) is 0 Å². The van der Waals surface area contributed by atoms with Gasteiger partial charge in [-0.25, -0.2) is 4.39 Å². The number of aryl methyl sites for hydroxylation is 2. The minimum Gasteiger partial charge on any atom is -0.350 e. The summed E-state index contributed by atoms with van der Waals surface area (Å²) in [5, 5.41) is 2.93. The van der Waals surface area contributed by atoms with Crippen molar-refractivity contribution in [3.63, 3.8) is 0 Å². The van der Waals surface area contributed by atoms with E-state index in [1.165, 1.54) is 12.1 Å². The lowest BCUT2D eigenvalue weighted by molar-refractivity contribution is -0.140. The molecule has 0 aromatic heterocycles. The minimum atomic E-state index is -0.659. The lowest BCUT2D eigenvalue weighted by Crippen LogP contribution is -2.47. The first-order valence-corrected chi connectivity index (χ1v) is 10.8. The molecule has 0 radical (unpaired) electrons. The molecule has 3 aromatic rings. The number of hydrogen-bond donors (Lipinski definition) is 1. The third kappa shape index (κ3) is 6.77. The molecule has 0 bridgehead atoms. The van der Waals surface area contributed by atoms with Crippen molar-refractivity contribution >= 4 is 11.8 Å². The highest BCUT2D eigenvalue weighted by molar-refractivity contribution is 5.87. The monoisotopic (exact) mass is 432 g/mol. The van der Waals surface area contributed by atoms with Crippen molar-refractivity contribution in [3.05, 3.63) is 107 Å². The zero-order valence-corrected chi connectivity index (χ0v) is 18.6. The standard InChI is InChI=1S/C27H29FN2O2/c1-20-8-10-23(11-9-20)18-29-27(32)21(2)30(19-24-12-15-25(28)16-13-24)26(31)17-14-22-6-4-3-5-7-22/h3-13,15-16,21H,14,17-19H2,1-2H3,(H,29,32)/t21-/m0/s1. The second kappa shape index (κ2) is 11.2. The predicted molar refractivity (Wildman–Crippen MR) is 124 cm³/mol. The first kappa shape index (κ1) is 23.2. The fourth-order valence-electron chi connectivity index (χ4n) is 3.45. The van der Waals surface area contributed by atoms with Gasteiger partial charge in [0.05, 0.1) is 0 Å². The second-order valence-corrected chi connectivity index (χ2v) is 8.01. The Morgan fingerprint density at radius 2 is 1.50 bits per heavy atom. The fourth-order valence-corrected chi connectivity index (χ4v) is 3.45. The molecule has 0 saturated heterocycles. The van der Waals surface area contributed by atoms with Crippen LogP contribution in [0.2, 0.25) is 0 Å². The molecule has 1 atom stereocenters. The Kier molecular flexibility index (Phi) is 8.14. The van der Waals surface area contributed by atoms with Crippen molar-refractivity contribution < 1.29 is 14.0 Å². The number of rotatable bonds is 9.